The Balaban J connectivity index is 2.00. The molecule has 0 radical (unpaired) electrons. The van der Waals surface area contributed by atoms with Crippen LogP contribution in [-0.2, 0) is 4.74 Å². The summed E-state index contributed by atoms with van der Waals surface area (Å²) in [5.74, 6) is -0.847. The number of alkyl halides is 3. The second-order valence-electron chi connectivity index (χ2n) is 5.94. The first-order chi connectivity index (χ1) is 11.3. The van der Waals surface area contributed by atoms with Crippen molar-refractivity contribution in [2.75, 3.05) is 33.4 Å². The van der Waals surface area contributed by atoms with Gasteiger partial charge in [-0.05, 0) is 44.1 Å². The van der Waals surface area contributed by atoms with Crippen LogP contribution in [0.25, 0.3) is 0 Å². The number of hydrogen-bond donors (Lipinski definition) is 2. The van der Waals surface area contributed by atoms with Gasteiger partial charge in [0.1, 0.15) is 5.75 Å². The van der Waals surface area contributed by atoms with Gasteiger partial charge in [0.2, 0.25) is 0 Å². The zero-order chi connectivity index (χ0) is 17.6. The van der Waals surface area contributed by atoms with Gasteiger partial charge in [-0.15, -0.1) is 13.2 Å². The number of nitrogens with one attached hydrogen (secondary N) is 2. The molecule has 1 fully saturated rings. The number of hydrogen-bond acceptors (Lipinski definition) is 4. The number of benzene rings is 1. The maximum absolute atomic E-state index is 12.3. The molecule has 1 saturated heterocycles. The summed E-state index contributed by atoms with van der Waals surface area (Å²) in [6, 6.07) is 5.03. The molecule has 0 atom stereocenters. The van der Waals surface area contributed by atoms with Crippen LogP contribution in [0, 0.1) is 5.41 Å². The first-order valence-corrected chi connectivity index (χ1v) is 7.67. The van der Waals surface area contributed by atoms with E-state index in [2.05, 4.69) is 15.4 Å². The minimum Gasteiger partial charge on any atom is -0.406 e. The van der Waals surface area contributed by atoms with Gasteiger partial charge in [0.05, 0.1) is 6.61 Å². The SMILES string of the molecule is COCC1(CNC(=O)c2cccc(OC(F)(F)F)c2)CCNCC1. The van der Waals surface area contributed by atoms with Crippen LogP contribution in [0.5, 0.6) is 5.75 Å². The maximum atomic E-state index is 12.3. The van der Waals surface area contributed by atoms with Crippen LogP contribution in [-0.4, -0.2) is 45.6 Å². The average Bonchev–Trinajstić information content (AvgIpc) is 2.52. The van der Waals surface area contributed by atoms with E-state index < -0.39 is 18.0 Å². The van der Waals surface area contributed by atoms with E-state index in [-0.39, 0.29) is 11.0 Å². The smallest absolute Gasteiger partial charge is 0.406 e. The first-order valence-electron chi connectivity index (χ1n) is 7.67. The first kappa shape index (κ1) is 18.5. The maximum Gasteiger partial charge on any atom is 0.573 e. The van der Waals surface area contributed by atoms with Gasteiger partial charge in [-0.3, -0.25) is 4.79 Å². The summed E-state index contributed by atoms with van der Waals surface area (Å²) in [7, 11) is 1.61. The molecule has 1 aliphatic rings. The van der Waals surface area contributed by atoms with Crippen LogP contribution in [0.3, 0.4) is 0 Å². The van der Waals surface area contributed by atoms with Gasteiger partial charge in [-0.1, -0.05) is 6.07 Å². The molecule has 24 heavy (non-hydrogen) atoms. The lowest BCUT2D eigenvalue weighted by Crippen LogP contribution is -2.47. The molecule has 0 spiro atoms. The minimum absolute atomic E-state index is 0.123. The van der Waals surface area contributed by atoms with Crippen molar-refractivity contribution in [2.45, 2.75) is 19.2 Å². The number of carbonyl (C=O) groups is 1. The van der Waals surface area contributed by atoms with E-state index in [0.29, 0.717) is 13.2 Å². The molecule has 0 unspecified atom stereocenters. The molecule has 2 N–H and O–H groups in total. The van der Waals surface area contributed by atoms with Crippen molar-refractivity contribution in [1.29, 1.82) is 0 Å². The largest absolute Gasteiger partial charge is 0.573 e. The van der Waals surface area contributed by atoms with Crippen LogP contribution in [0.4, 0.5) is 13.2 Å². The highest BCUT2D eigenvalue weighted by Gasteiger charge is 2.33. The van der Waals surface area contributed by atoms with Crippen molar-refractivity contribution in [3.05, 3.63) is 29.8 Å². The normalized spacial score (nSPS) is 17.3. The summed E-state index contributed by atoms with van der Waals surface area (Å²) in [4.78, 5) is 12.2. The van der Waals surface area contributed by atoms with Crippen molar-refractivity contribution in [3.63, 3.8) is 0 Å². The van der Waals surface area contributed by atoms with Crippen LogP contribution < -0.4 is 15.4 Å². The molecule has 2 rings (SSSR count). The molecule has 134 valence electrons. The van der Waals surface area contributed by atoms with Crippen LogP contribution in [0.2, 0.25) is 0 Å². The van der Waals surface area contributed by atoms with E-state index in [9.17, 15) is 18.0 Å². The summed E-state index contributed by atoms with van der Waals surface area (Å²) >= 11 is 0. The van der Waals surface area contributed by atoms with E-state index in [1.54, 1.807) is 7.11 Å². The molecule has 0 aliphatic carbocycles. The van der Waals surface area contributed by atoms with E-state index in [1.807, 2.05) is 0 Å². The lowest BCUT2D eigenvalue weighted by atomic mass is 9.79. The minimum atomic E-state index is -4.78. The van der Waals surface area contributed by atoms with Crippen LogP contribution in [0.15, 0.2) is 24.3 Å². The quantitative estimate of drug-likeness (QED) is 0.830. The Kier molecular flexibility index (Phi) is 6.06. The predicted octanol–water partition coefficient (Wildman–Crippen LogP) is 2.33. The van der Waals surface area contributed by atoms with Crippen LogP contribution in [0.1, 0.15) is 23.2 Å². The Bertz CT molecular complexity index is 552. The van der Waals surface area contributed by atoms with Gasteiger partial charge in [-0.25, -0.2) is 0 Å². The molecule has 1 amide bonds. The number of rotatable bonds is 6. The summed E-state index contributed by atoms with van der Waals surface area (Å²) in [5.41, 5.74) is -0.0336. The van der Waals surface area contributed by atoms with Crippen molar-refractivity contribution in [1.82, 2.24) is 10.6 Å². The summed E-state index contributed by atoms with van der Waals surface area (Å²) in [6.07, 6.45) is -3.07. The number of carbonyl (C=O) groups excluding carboxylic acids is 1. The monoisotopic (exact) mass is 346 g/mol. The van der Waals surface area contributed by atoms with Gasteiger partial charge in [0.15, 0.2) is 0 Å². The molecule has 0 bridgehead atoms. The van der Waals surface area contributed by atoms with E-state index in [4.69, 9.17) is 4.74 Å². The topological polar surface area (TPSA) is 59.6 Å². The number of piperidine rings is 1. The summed E-state index contributed by atoms with van der Waals surface area (Å²) in [6.45, 7) is 2.61. The van der Waals surface area contributed by atoms with E-state index in [0.717, 1.165) is 38.1 Å². The van der Waals surface area contributed by atoms with E-state index >= 15 is 0 Å². The van der Waals surface area contributed by atoms with Gasteiger partial charge in [0, 0.05) is 24.6 Å². The molecule has 1 heterocycles. The number of methoxy groups -OCH3 is 1. The zero-order valence-corrected chi connectivity index (χ0v) is 13.4. The number of halogens is 3. The molecule has 0 saturated carbocycles. The molecule has 1 aromatic rings. The molecular formula is C16H21F3N2O3. The standard InChI is InChI=1S/C16H21F3N2O3/c1-23-11-15(5-7-20-8-6-15)10-21-14(22)12-3-2-4-13(9-12)24-16(17,18)19/h2-4,9,20H,5-8,10-11H2,1H3,(H,21,22). The highest BCUT2D eigenvalue weighted by atomic mass is 19.4. The second-order valence-corrected chi connectivity index (χ2v) is 5.94. The number of ether oxygens (including phenoxy) is 2. The Labute approximate surface area is 138 Å². The predicted molar refractivity (Wildman–Crippen MR) is 81.9 cm³/mol. The Morgan fingerprint density at radius 3 is 2.67 bits per heavy atom. The molecule has 5 nitrogen and oxygen atoms in total. The highest BCUT2D eigenvalue weighted by molar-refractivity contribution is 5.94. The third-order valence-corrected chi connectivity index (χ3v) is 4.07. The third-order valence-electron chi connectivity index (χ3n) is 4.07. The fourth-order valence-electron chi connectivity index (χ4n) is 2.84. The molecular weight excluding hydrogens is 325 g/mol. The van der Waals surface area contributed by atoms with Crippen molar-refractivity contribution < 1.29 is 27.4 Å². The fraction of sp³-hybridized carbons (Fsp3) is 0.562. The highest BCUT2D eigenvalue weighted by Crippen LogP contribution is 2.28. The zero-order valence-electron chi connectivity index (χ0n) is 13.4. The van der Waals surface area contributed by atoms with Crippen LogP contribution >= 0.6 is 0 Å². The third kappa shape index (κ3) is 5.38. The fourth-order valence-corrected chi connectivity index (χ4v) is 2.84. The van der Waals surface area contributed by atoms with Crippen molar-refractivity contribution in [3.8, 4) is 5.75 Å². The van der Waals surface area contributed by atoms with Gasteiger partial charge in [-0.2, -0.15) is 0 Å². The lowest BCUT2D eigenvalue weighted by Gasteiger charge is -2.37. The molecule has 1 aliphatic heterocycles. The molecule has 8 heteroatoms. The second kappa shape index (κ2) is 7.85. The van der Waals surface area contributed by atoms with Gasteiger partial charge >= 0.3 is 6.36 Å². The van der Waals surface area contributed by atoms with Crippen molar-refractivity contribution >= 4 is 5.91 Å². The Morgan fingerprint density at radius 2 is 2.04 bits per heavy atom. The number of amides is 1. The lowest BCUT2D eigenvalue weighted by molar-refractivity contribution is -0.274. The Morgan fingerprint density at radius 1 is 1.33 bits per heavy atom. The Hall–Kier alpha value is -1.80. The molecule has 0 aromatic heterocycles. The van der Waals surface area contributed by atoms with Gasteiger partial charge < -0.3 is 20.1 Å². The average molecular weight is 346 g/mol. The molecule has 1 aromatic carbocycles. The van der Waals surface area contributed by atoms with Crippen molar-refractivity contribution in [2.24, 2.45) is 5.41 Å². The van der Waals surface area contributed by atoms with Gasteiger partial charge in [0.25, 0.3) is 5.91 Å². The van der Waals surface area contributed by atoms with E-state index in [1.165, 1.54) is 12.1 Å². The summed E-state index contributed by atoms with van der Waals surface area (Å²) in [5, 5.41) is 6.06. The summed E-state index contributed by atoms with van der Waals surface area (Å²) < 4.78 is 45.9.